The molecular formula is C17H24ClIN6O. The third-order valence-electron chi connectivity index (χ3n) is 4.23. The number of aliphatic imine (C=N–C) groups is 1. The summed E-state index contributed by atoms with van der Waals surface area (Å²) in [6.45, 7) is 1.56. The number of aryl methyl sites for hydroxylation is 1. The van der Waals surface area contributed by atoms with Crippen LogP contribution in [0.5, 0.6) is 5.75 Å². The number of hydrogen-bond donors (Lipinski definition) is 2. The van der Waals surface area contributed by atoms with Crippen LogP contribution in [0.4, 0.5) is 5.69 Å². The standard InChI is InChI=1S/C17H23ClN6O.HI/c1-25-14-7-6-12(11-13(14)18)21-17(19)20-9-8-16-23-22-15-5-3-2-4-10-24(15)16;/h6-7,11H,2-5,8-10H2,1H3,(H3,19,20,21);1H. The van der Waals surface area contributed by atoms with E-state index in [-0.39, 0.29) is 24.0 Å². The number of fused-ring (bicyclic) bond motifs is 1. The lowest BCUT2D eigenvalue weighted by Gasteiger charge is -2.09. The molecule has 0 atom stereocenters. The molecule has 2 heterocycles. The summed E-state index contributed by atoms with van der Waals surface area (Å²) in [4.78, 5) is 4.37. The molecule has 0 aliphatic carbocycles. The van der Waals surface area contributed by atoms with E-state index >= 15 is 0 Å². The van der Waals surface area contributed by atoms with E-state index in [1.165, 1.54) is 19.3 Å². The van der Waals surface area contributed by atoms with Gasteiger partial charge in [-0.05, 0) is 31.0 Å². The van der Waals surface area contributed by atoms with Gasteiger partial charge in [-0.15, -0.1) is 34.2 Å². The SMILES string of the molecule is COc1ccc(NC(N)=NCCc2nnc3n2CCCCC3)cc1Cl.I. The second-order valence-electron chi connectivity index (χ2n) is 5.99. The first-order valence-electron chi connectivity index (χ1n) is 8.49. The van der Waals surface area contributed by atoms with Crippen molar-refractivity contribution in [2.45, 2.75) is 38.6 Å². The van der Waals surface area contributed by atoms with Gasteiger partial charge in [-0.1, -0.05) is 18.0 Å². The largest absolute Gasteiger partial charge is 0.495 e. The van der Waals surface area contributed by atoms with Gasteiger partial charge in [0.25, 0.3) is 0 Å². The van der Waals surface area contributed by atoms with Crippen LogP contribution in [-0.4, -0.2) is 34.4 Å². The van der Waals surface area contributed by atoms with Gasteiger partial charge >= 0.3 is 0 Å². The number of rotatable bonds is 5. The molecule has 0 amide bonds. The van der Waals surface area contributed by atoms with Crippen LogP contribution in [-0.2, 0) is 19.4 Å². The first-order chi connectivity index (χ1) is 12.2. The number of anilines is 1. The van der Waals surface area contributed by atoms with Gasteiger partial charge in [-0.3, -0.25) is 4.99 Å². The number of nitrogens with zero attached hydrogens (tertiary/aromatic N) is 4. The lowest BCUT2D eigenvalue weighted by atomic mass is 10.2. The number of nitrogens with two attached hydrogens (primary N) is 1. The van der Waals surface area contributed by atoms with Crippen LogP contribution in [0.2, 0.25) is 5.02 Å². The van der Waals surface area contributed by atoms with Crippen molar-refractivity contribution < 1.29 is 4.74 Å². The van der Waals surface area contributed by atoms with Crippen molar-refractivity contribution in [3.8, 4) is 5.75 Å². The molecule has 1 aromatic heterocycles. The maximum absolute atomic E-state index is 6.10. The molecule has 1 aromatic carbocycles. The van der Waals surface area contributed by atoms with Gasteiger partial charge in [0.1, 0.15) is 17.4 Å². The molecule has 26 heavy (non-hydrogen) atoms. The molecule has 0 saturated heterocycles. The van der Waals surface area contributed by atoms with Gasteiger partial charge in [0, 0.05) is 31.6 Å². The smallest absolute Gasteiger partial charge is 0.193 e. The third kappa shape index (κ3) is 5.23. The molecule has 0 fully saturated rings. The molecule has 7 nitrogen and oxygen atoms in total. The number of nitrogens with one attached hydrogen (secondary N) is 1. The number of ether oxygens (including phenoxy) is 1. The highest BCUT2D eigenvalue weighted by Crippen LogP contribution is 2.27. The van der Waals surface area contributed by atoms with Crippen LogP contribution in [0.1, 0.15) is 30.9 Å². The molecule has 9 heteroatoms. The van der Waals surface area contributed by atoms with Gasteiger partial charge in [-0.25, -0.2) is 0 Å². The van der Waals surface area contributed by atoms with Crippen molar-refractivity contribution in [3.05, 3.63) is 34.9 Å². The zero-order valence-corrected chi connectivity index (χ0v) is 17.8. The topological polar surface area (TPSA) is 90.3 Å². The Bertz CT molecular complexity index is 764. The summed E-state index contributed by atoms with van der Waals surface area (Å²) >= 11 is 6.10. The average Bonchev–Trinajstić information content (AvgIpc) is 2.82. The molecular weight excluding hydrogens is 467 g/mol. The zero-order valence-electron chi connectivity index (χ0n) is 14.7. The van der Waals surface area contributed by atoms with E-state index in [0.29, 0.717) is 23.3 Å². The minimum Gasteiger partial charge on any atom is -0.495 e. The Morgan fingerprint density at radius 1 is 1.35 bits per heavy atom. The molecule has 1 aliphatic rings. The average molecular weight is 491 g/mol. The molecule has 1 aliphatic heterocycles. The van der Waals surface area contributed by atoms with Crippen LogP contribution in [0, 0.1) is 0 Å². The van der Waals surface area contributed by atoms with Crippen LogP contribution < -0.4 is 15.8 Å². The van der Waals surface area contributed by atoms with E-state index < -0.39 is 0 Å². The Morgan fingerprint density at radius 2 is 2.19 bits per heavy atom. The van der Waals surface area contributed by atoms with E-state index in [0.717, 1.165) is 36.7 Å². The fourth-order valence-electron chi connectivity index (χ4n) is 2.94. The van der Waals surface area contributed by atoms with Crippen LogP contribution in [0.15, 0.2) is 23.2 Å². The highest BCUT2D eigenvalue weighted by atomic mass is 127. The number of halogens is 2. The van der Waals surface area contributed by atoms with Crippen LogP contribution in [0.3, 0.4) is 0 Å². The van der Waals surface area contributed by atoms with E-state index in [1.807, 2.05) is 6.07 Å². The Hall–Kier alpha value is -1.55. The number of guanidine groups is 1. The van der Waals surface area contributed by atoms with E-state index in [4.69, 9.17) is 22.1 Å². The van der Waals surface area contributed by atoms with E-state index in [9.17, 15) is 0 Å². The molecule has 142 valence electrons. The molecule has 0 unspecified atom stereocenters. The van der Waals surface area contributed by atoms with Gasteiger partial charge in [-0.2, -0.15) is 0 Å². The molecule has 0 saturated carbocycles. The summed E-state index contributed by atoms with van der Waals surface area (Å²) in [5.74, 6) is 3.04. The third-order valence-corrected chi connectivity index (χ3v) is 4.52. The lowest BCUT2D eigenvalue weighted by molar-refractivity contribution is 0.415. The molecule has 3 N–H and O–H groups in total. The van der Waals surface area contributed by atoms with Crippen molar-refractivity contribution in [1.82, 2.24) is 14.8 Å². The molecule has 0 spiro atoms. The molecule has 2 aromatic rings. The first-order valence-corrected chi connectivity index (χ1v) is 8.86. The number of benzene rings is 1. The fourth-order valence-corrected chi connectivity index (χ4v) is 3.20. The monoisotopic (exact) mass is 490 g/mol. The predicted octanol–water partition coefficient (Wildman–Crippen LogP) is 3.25. The maximum Gasteiger partial charge on any atom is 0.193 e. The van der Waals surface area contributed by atoms with E-state index in [1.54, 1.807) is 19.2 Å². The van der Waals surface area contributed by atoms with Gasteiger partial charge in [0.05, 0.1) is 12.1 Å². The second kappa shape index (κ2) is 9.96. The summed E-state index contributed by atoms with van der Waals surface area (Å²) in [6, 6.07) is 5.37. The summed E-state index contributed by atoms with van der Waals surface area (Å²) in [6.07, 6.45) is 5.36. The zero-order chi connectivity index (χ0) is 17.6. The number of hydrogen-bond acceptors (Lipinski definition) is 4. The van der Waals surface area contributed by atoms with Crippen molar-refractivity contribution in [2.24, 2.45) is 10.7 Å². The normalized spacial score (nSPS) is 14.2. The van der Waals surface area contributed by atoms with Crippen molar-refractivity contribution >= 4 is 47.2 Å². The summed E-state index contributed by atoms with van der Waals surface area (Å²) in [5.41, 5.74) is 6.72. The Balaban J connectivity index is 0.00000243. The maximum atomic E-state index is 6.10. The highest BCUT2D eigenvalue weighted by Gasteiger charge is 2.14. The van der Waals surface area contributed by atoms with Crippen molar-refractivity contribution in [2.75, 3.05) is 19.0 Å². The Labute approximate surface area is 175 Å². The first kappa shape index (κ1) is 20.8. The van der Waals surface area contributed by atoms with Gasteiger partial charge < -0.3 is 20.4 Å². The minimum absolute atomic E-state index is 0. The summed E-state index contributed by atoms with van der Waals surface area (Å²) in [7, 11) is 1.58. The van der Waals surface area contributed by atoms with Gasteiger partial charge in [0.15, 0.2) is 5.96 Å². The fraction of sp³-hybridized carbons (Fsp3) is 0.471. The quantitative estimate of drug-likeness (QED) is 0.381. The predicted molar refractivity (Wildman–Crippen MR) is 115 cm³/mol. The molecule has 3 rings (SSSR count). The highest BCUT2D eigenvalue weighted by molar-refractivity contribution is 14.0. The number of aromatic nitrogens is 3. The lowest BCUT2D eigenvalue weighted by Crippen LogP contribution is -2.23. The molecule has 0 radical (unpaired) electrons. The van der Waals surface area contributed by atoms with Crippen molar-refractivity contribution in [3.63, 3.8) is 0 Å². The Morgan fingerprint density at radius 3 is 2.96 bits per heavy atom. The molecule has 0 bridgehead atoms. The summed E-state index contributed by atoms with van der Waals surface area (Å²) in [5, 5.41) is 12.2. The number of methoxy groups -OCH3 is 1. The second-order valence-corrected chi connectivity index (χ2v) is 6.39. The minimum atomic E-state index is 0. The Kier molecular flexibility index (Phi) is 7.95. The van der Waals surface area contributed by atoms with Crippen molar-refractivity contribution in [1.29, 1.82) is 0 Å². The van der Waals surface area contributed by atoms with E-state index in [2.05, 4.69) is 25.1 Å². The van der Waals surface area contributed by atoms with Crippen LogP contribution >= 0.6 is 35.6 Å². The summed E-state index contributed by atoms with van der Waals surface area (Å²) < 4.78 is 7.36. The van der Waals surface area contributed by atoms with Crippen LogP contribution in [0.25, 0.3) is 0 Å². The van der Waals surface area contributed by atoms with Gasteiger partial charge in [0.2, 0.25) is 0 Å².